The van der Waals surface area contributed by atoms with Gasteiger partial charge in [0, 0.05) is 0 Å². The summed E-state index contributed by atoms with van der Waals surface area (Å²) in [6.07, 6.45) is 11.5. The maximum atomic E-state index is 3.72. The molecule has 0 saturated carbocycles. The van der Waals surface area contributed by atoms with Gasteiger partial charge in [-0.15, -0.1) is 0 Å². The minimum Gasteiger partial charge on any atom is -0.0985 e. The van der Waals surface area contributed by atoms with Gasteiger partial charge in [0.25, 0.3) is 0 Å². The lowest BCUT2D eigenvalue weighted by molar-refractivity contribution is 1.38. The first-order chi connectivity index (χ1) is 4.83. The van der Waals surface area contributed by atoms with Crippen molar-refractivity contribution in [2.24, 2.45) is 0 Å². The van der Waals surface area contributed by atoms with Gasteiger partial charge in [0.05, 0.1) is 0 Å². The van der Waals surface area contributed by atoms with Gasteiger partial charge in [0.15, 0.2) is 0 Å². The highest BCUT2D eigenvalue weighted by Crippen LogP contribution is 2.10. The smallest absolute Gasteiger partial charge is 0.0157 e. The fourth-order valence-corrected chi connectivity index (χ4v) is 0.970. The lowest BCUT2D eigenvalue weighted by Crippen LogP contribution is -1.69. The predicted molar refractivity (Wildman–Crippen MR) is 45.8 cm³/mol. The molecule has 1 aliphatic rings. The molecule has 0 nitrogen and oxygen atoms in total. The third-order valence-electron chi connectivity index (χ3n) is 1.50. The van der Waals surface area contributed by atoms with Gasteiger partial charge in [-0.25, -0.2) is 0 Å². The summed E-state index contributed by atoms with van der Waals surface area (Å²) >= 11 is 0. The number of hydrogen-bond acceptors (Lipinski definition) is 0. The van der Waals surface area contributed by atoms with Crippen LogP contribution in [0.1, 0.15) is 13.3 Å². The van der Waals surface area contributed by atoms with Crippen LogP contribution >= 0.6 is 0 Å². The van der Waals surface area contributed by atoms with Crippen LogP contribution in [0.2, 0.25) is 0 Å². The summed E-state index contributed by atoms with van der Waals surface area (Å²) < 4.78 is 0. The van der Waals surface area contributed by atoms with E-state index in [1.54, 1.807) is 0 Å². The molecule has 1 aliphatic carbocycles. The fourth-order valence-electron chi connectivity index (χ4n) is 0.970. The Hall–Kier alpha value is -1.04. The van der Waals surface area contributed by atoms with E-state index < -0.39 is 0 Å². The minimum atomic E-state index is 1.02. The summed E-state index contributed by atoms with van der Waals surface area (Å²) in [5, 5.41) is 0. The summed E-state index contributed by atoms with van der Waals surface area (Å²) in [6.45, 7) is 5.82. The van der Waals surface area contributed by atoms with Crippen LogP contribution in [-0.4, -0.2) is 0 Å². The lowest BCUT2D eigenvalue weighted by atomic mass is 10.2. The van der Waals surface area contributed by atoms with Crippen LogP contribution < -0.4 is 0 Å². The van der Waals surface area contributed by atoms with E-state index in [0.29, 0.717) is 0 Å². The lowest BCUT2D eigenvalue weighted by Gasteiger charge is -1.90. The van der Waals surface area contributed by atoms with Crippen LogP contribution in [0.3, 0.4) is 0 Å². The SMILES string of the molecule is C=CC1=CCC=CC(C)=C1. The summed E-state index contributed by atoms with van der Waals surface area (Å²) in [5.74, 6) is 0. The molecule has 0 atom stereocenters. The Morgan fingerprint density at radius 2 is 2.40 bits per heavy atom. The Labute approximate surface area is 62.3 Å². The zero-order chi connectivity index (χ0) is 7.40. The van der Waals surface area contributed by atoms with Crippen LogP contribution in [-0.2, 0) is 0 Å². The van der Waals surface area contributed by atoms with Crippen LogP contribution in [0.5, 0.6) is 0 Å². The summed E-state index contributed by atoms with van der Waals surface area (Å²) in [5.41, 5.74) is 2.52. The third-order valence-corrected chi connectivity index (χ3v) is 1.50. The molecule has 0 radical (unpaired) electrons. The molecule has 10 heavy (non-hydrogen) atoms. The van der Waals surface area contributed by atoms with E-state index in [1.807, 2.05) is 6.08 Å². The number of allylic oxidation sites excluding steroid dienone is 7. The minimum absolute atomic E-state index is 1.02. The van der Waals surface area contributed by atoms with Gasteiger partial charge in [-0.3, -0.25) is 0 Å². The van der Waals surface area contributed by atoms with Gasteiger partial charge in [-0.1, -0.05) is 42.5 Å². The molecule has 0 unspecified atom stereocenters. The highest BCUT2D eigenvalue weighted by molar-refractivity contribution is 5.37. The number of hydrogen-bond donors (Lipinski definition) is 0. The first-order valence-corrected chi connectivity index (χ1v) is 3.50. The highest BCUT2D eigenvalue weighted by atomic mass is 14.0. The molecule has 1 rings (SSSR count). The van der Waals surface area contributed by atoms with Gasteiger partial charge in [0.2, 0.25) is 0 Å². The second kappa shape index (κ2) is 3.21. The molecule has 0 N–H and O–H groups in total. The van der Waals surface area contributed by atoms with E-state index in [9.17, 15) is 0 Å². The molecule has 0 heteroatoms. The van der Waals surface area contributed by atoms with E-state index >= 15 is 0 Å². The van der Waals surface area contributed by atoms with Crippen molar-refractivity contribution in [1.82, 2.24) is 0 Å². The highest BCUT2D eigenvalue weighted by Gasteiger charge is 1.90. The Kier molecular flexibility index (Phi) is 2.27. The first-order valence-electron chi connectivity index (χ1n) is 3.50. The second-order valence-corrected chi connectivity index (χ2v) is 2.43. The van der Waals surface area contributed by atoms with E-state index in [-0.39, 0.29) is 0 Å². The van der Waals surface area contributed by atoms with Crippen molar-refractivity contribution < 1.29 is 0 Å². The van der Waals surface area contributed by atoms with Crippen molar-refractivity contribution in [2.45, 2.75) is 13.3 Å². The molecule has 0 aliphatic heterocycles. The van der Waals surface area contributed by atoms with Crippen molar-refractivity contribution in [1.29, 1.82) is 0 Å². The van der Waals surface area contributed by atoms with Gasteiger partial charge < -0.3 is 0 Å². The normalized spacial score (nSPS) is 17.3. The van der Waals surface area contributed by atoms with Gasteiger partial charge in [-0.05, 0) is 18.9 Å². The monoisotopic (exact) mass is 132 g/mol. The molecule has 0 spiro atoms. The van der Waals surface area contributed by atoms with Crippen LogP contribution in [0.25, 0.3) is 0 Å². The maximum Gasteiger partial charge on any atom is -0.0157 e. The Morgan fingerprint density at radius 1 is 1.60 bits per heavy atom. The van der Waals surface area contributed by atoms with Gasteiger partial charge >= 0.3 is 0 Å². The molecule has 0 amide bonds. The molecule has 0 aromatic carbocycles. The van der Waals surface area contributed by atoms with E-state index in [1.165, 1.54) is 11.1 Å². The molecule has 0 heterocycles. The first kappa shape index (κ1) is 7.07. The average molecular weight is 132 g/mol. The van der Waals surface area contributed by atoms with Crippen molar-refractivity contribution in [3.8, 4) is 0 Å². The van der Waals surface area contributed by atoms with Crippen molar-refractivity contribution in [3.63, 3.8) is 0 Å². The quantitative estimate of drug-likeness (QED) is 0.514. The van der Waals surface area contributed by atoms with Gasteiger partial charge in [-0.2, -0.15) is 0 Å². The molecule has 0 fully saturated rings. The molecular weight excluding hydrogens is 120 g/mol. The summed E-state index contributed by atoms with van der Waals surface area (Å²) in [6, 6.07) is 0. The molecule has 0 aromatic rings. The molecular formula is C10H12. The Bertz CT molecular complexity index is 214. The Balaban J connectivity index is 2.87. The van der Waals surface area contributed by atoms with E-state index in [2.05, 4.69) is 37.8 Å². The molecule has 52 valence electrons. The van der Waals surface area contributed by atoms with E-state index in [0.717, 1.165) is 6.42 Å². The van der Waals surface area contributed by atoms with Crippen LogP contribution in [0, 0.1) is 0 Å². The fraction of sp³-hybridized carbons (Fsp3) is 0.200. The zero-order valence-electron chi connectivity index (χ0n) is 6.30. The summed E-state index contributed by atoms with van der Waals surface area (Å²) in [7, 11) is 0. The largest absolute Gasteiger partial charge is 0.0985 e. The molecule has 0 aromatic heterocycles. The van der Waals surface area contributed by atoms with Crippen molar-refractivity contribution >= 4 is 0 Å². The van der Waals surface area contributed by atoms with Crippen molar-refractivity contribution in [2.75, 3.05) is 0 Å². The predicted octanol–water partition coefficient (Wildman–Crippen LogP) is 3.01. The standard InChI is InChI=1S/C10H12/c1-3-10-7-5-4-6-9(2)8-10/h3-4,6-8H,1,5H2,2H3. The topological polar surface area (TPSA) is 0 Å². The van der Waals surface area contributed by atoms with Gasteiger partial charge in [0.1, 0.15) is 0 Å². The number of rotatable bonds is 1. The molecule has 0 bridgehead atoms. The zero-order valence-corrected chi connectivity index (χ0v) is 6.30. The van der Waals surface area contributed by atoms with Crippen LogP contribution in [0.4, 0.5) is 0 Å². The molecule has 0 saturated heterocycles. The Morgan fingerprint density at radius 3 is 3.10 bits per heavy atom. The second-order valence-electron chi connectivity index (χ2n) is 2.43. The maximum absolute atomic E-state index is 3.72. The van der Waals surface area contributed by atoms with E-state index in [4.69, 9.17) is 0 Å². The third kappa shape index (κ3) is 1.73. The summed E-state index contributed by atoms with van der Waals surface area (Å²) in [4.78, 5) is 0. The average Bonchev–Trinajstić information content (AvgIpc) is 2.13. The van der Waals surface area contributed by atoms with Crippen LogP contribution in [0.15, 0.2) is 48.1 Å². The van der Waals surface area contributed by atoms with Crippen molar-refractivity contribution in [3.05, 3.63) is 48.1 Å².